The summed E-state index contributed by atoms with van der Waals surface area (Å²) in [4.78, 5) is 12.4. The maximum absolute atomic E-state index is 12.4. The molecule has 3 atom stereocenters. The lowest BCUT2D eigenvalue weighted by Crippen LogP contribution is -2.34. The zero-order valence-electron chi connectivity index (χ0n) is 11.5. The average Bonchev–Trinajstić information content (AvgIpc) is 2.91. The van der Waals surface area contributed by atoms with E-state index in [1.54, 1.807) is 0 Å². The van der Waals surface area contributed by atoms with Crippen molar-refractivity contribution in [3.63, 3.8) is 0 Å². The zero-order chi connectivity index (χ0) is 12.4. The minimum atomic E-state index is 0.456. The van der Waals surface area contributed by atoms with Gasteiger partial charge in [0.1, 0.15) is 11.5 Å². The van der Waals surface area contributed by atoms with E-state index >= 15 is 0 Å². The van der Waals surface area contributed by atoms with Crippen molar-refractivity contribution in [2.75, 3.05) is 17.3 Å². The Morgan fingerprint density at radius 3 is 2.39 bits per heavy atom. The van der Waals surface area contributed by atoms with E-state index in [-0.39, 0.29) is 0 Å². The fourth-order valence-electron chi connectivity index (χ4n) is 4.34. The second-order valence-electron chi connectivity index (χ2n) is 6.65. The molecule has 0 spiro atoms. The van der Waals surface area contributed by atoms with Gasteiger partial charge in [0, 0.05) is 5.92 Å². The minimum Gasteiger partial charge on any atom is -0.294 e. The monoisotopic (exact) mass is 267 g/mol. The predicted molar refractivity (Wildman–Crippen MR) is 79.0 cm³/mol. The molecule has 1 aliphatic heterocycles. The Morgan fingerprint density at radius 1 is 0.889 bits per heavy atom. The molecule has 3 fully saturated rings. The first-order chi connectivity index (χ1) is 8.83. The van der Waals surface area contributed by atoms with Gasteiger partial charge in [-0.25, -0.2) is 0 Å². The first kappa shape index (κ1) is 13.0. The van der Waals surface area contributed by atoms with Crippen LogP contribution in [0.25, 0.3) is 0 Å². The second-order valence-corrected chi connectivity index (χ2v) is 8.98. The molecule has 0 aromatic heterocycles. The molecule has 0 N–H and O–H groups in total. The van der Waals surface area contributed by atoms with E-state index in [0.29, 0.717) is 22.6 Å². The third-order valence-corrected chi connectivity index (χ3v) is 7.88. The van der Waals surface area contributed by atoms with Gasteiger partial charge in [0.15, 0.2) is 11.5 Å². The highest BCUT2D eigenvalue weighted by molar-refractivity contribution is 7.97. The molecule has 1 saturated heterocycles. The van der Waals surface area contributed by atoms with Crippen molar-refractivity contribution in [1.29, 1.82) is 0 Å². The average molecular weight is 267 g/mol. The second kappa shape index (κ2) is 5.98. The van der Waals surface area contributed by atoms with Gasteiger partial charge in [-0.1, -0.05) is 25.7 Å². The van der Waals surface area contributed by atoms with Crippen LogP contribution in [0.5, 0.6) is 0 Å². The van der Waals surface area contributed by atoms with Gasteiger partial charge in [-0.15, -0.1) is 0 Å². The number of hydrogen-bond donors (Lipinski definition) is 0. The Kier molecular flexibility index (Phi) is 4.33. The summed E-state index contributed by atoms with van der Waals surface area (Å²) in [6, 6.07) is 0. The van der Waals surface area contributed by atoms with E-state index in [1.165, 1.54) is 69.3 Å². The smallest absolute Gasteiger partial charge is 0.184 e. The summed E-state index contributed by atoms with van der Waals surface area (Å²) >= 11 is 0. The van der Waals surface area contributed by atoms with E-state index < -0.39 is 0 Å². The van der Waals surface area contributed by atoms with Crippen molar-refractivity contribution in [3.05, 3.63) is 0 Å². The van der Waals surface area contributed by atoms with Crippen LogP contribution in [0.4, 0.5) is 0 Å². The Bertz CT molecular complexity index is 295. The van der Waals surface area contributed by atoms with Gasteiger partial charge < -0.3 is 0 Å². The molecular weight excluding hydrogens is 240 g/mol. The maximum atomic E-state index is 12.4. The highest BCUT2D eigenvalue weighted by atomic mass is 32.2. The van der Waals surface area contributed by atoms with Crippen LogP contribution in [0.2, 0.25) is 0 Å². The summed E-state index contributed by atoms with van der Waals surface area (Å²) in [6.45, 7) is 0. The van der Waals surface area contributed by atoms with Gasteiger partial charge in [0.25, 0.3) is 0 Å². The third kappa shape index (κ3) is 2.95. The molecule has 0 amide bonds. The Morgan fingerprint density at radius 2 is 1.61 bits per heavy atom. The standard InChI is InChI=1S/C16H27OS/c17-16(12-18-9-3-4-10-18)15-8-7-13-5-1-2-6-14(13)11-15/h13-15H,1-12H2/q+1. The number of rotatable bonds is 3. The number of carbonyl (C=O) groups is 1. The van der Waals surface area contributed by atoms with Gasteiger partial charge in [-0.05, 0) is 54.8 Å². The Balaban J connectivity index is 1.51. The largest absolute Gasteiger partial charge is 0.294 e. The van der Waals surface area contributed by atoms with Crippen LogP contribution in [0.3, 0.4) is 0 Å². The molecule has 102 valence electrons. The summed E-state index contributed by atoms with van der Waals surface area (Å²) < 4.78 is 0. The maximum Gasteiger partial charge on any atom is 0.184 e. The van der Waals surface area contributed by atoms with Crippen molar-refractivity contribution >= 4 is 16.7 Å². The quantitative estimate of drug-likeness (QED) is 0.714. The minimum absolute atomic E-state index is 0.456. The molecular formula is C16H27OS+. The molecule has 0 aromatic carbocycles. The van der Waals surface area contributed by atoms with Crippen molar-refractivity contribution in [2.24, 2.45) is 17.8 Å². The van der Waals surface area contributed by atoms with Crippen molar-refractivity contribution in [3.8, 4) is 0 Å². The summed E-state index contributed by atoms with van der Waals surface area (Å²) in [6.07, 6.45) is 12.3. The van der Waals surface area contributed by atoms with Crippen molar-refractivity contribution in [1.82, 2.24) is 0 Å². The van der Waals surface area contributed by atoms with Crippen molar-refractivity contribution < 1.29 is 4.79 Å². The summed E-state index contributed by atoms with van der Waals surface area (Å²) in [5.74, 6) is 6.64. The highest BCUT2D eigenvalue weighted by Crippen LogP contribution is 2.43. The van der Waals surface area contributed by atoms with E-state index in [4.69, 9.17) is 0 Å². The topological polar surface area (TPSA) is 17.1 Å². The predicted octanol–water partition coefficient (Wildman–Crippen LogP) is 3.57. The number of hydrogen-bond acceptors (Lipinski definition) is 1. The lowest BCUT2D eigenvalue weighted by atomic mass is 9.67. The van der Waals surface area contributed by atoms with E-state index in [9.17, 15) is 4.79 Å². The lowest BCUT2D eigenvalue weighted by molar-refractivity contribution is -0.122. The zero-order valence-corrected chi connectivity index (χ0v) is 12.4. The summed E-state index contributed by atoms with van der Waals surface area (Å²) in [5, 5.41) is 0. The molecule has 0 aromatic rings. The molecule has 0 bridgehead atoms. The number of Topliss-reactive ketones (excluding diaryl/α,β-unsaturated/α-hetero) is 1. The van der Waals surface area contributed by atoms with Gasteiger partial charge in [-0.2, -0.15) is 0 Å². The van der Waals surface area contributed by atoms with Crippen LogP contribution in [-0.2, 0) is 15.7 Å². The fraction of sp³-hybridized carbons (Fsp3) is 0.938. The molecule has 3 unspecified atom stereocenters. The van der Waals surface area contributed by atoms with Gasteiger partial charge in [-0.3, -0.25) is 4.79 Å². The number of carbonyl (C=O) groups excluding carboxylic acids is 1. The lowest BCUT2D eigenvalue weighted by Gasteiger charge is -2.38. The molecule has 1 heterocycles. The first-order valence-electron chi connectivity index (χ1n) is 8.00. The Labute approximate surface area is 114 Å². The number of fused-ring (bicyclic) bond motifs is 1. The molecule has 2 aliphatic carbocycles. The third-order valence-electron chi connectivity index (χ3n) is 5.46. The van der Waals surface area contributed by atoms with Gasteiger partial charge >= 0.3 is 0 Å². The van der Waals surface area contributed by atoms with Crippen molar-refractivity contribution in [2.45, 2.75) is 57.8 Å². The van der Waals surface area contributed by atoms with Gasteiger partial charge in [0.2, 0.25) is 0 Å². The van der Waals surface area contributed by atoms with Crippen LogP contribution in [0.15, 0.2) is 0 Å². The Hall–Kier alpha value is 0.0200. The molecule has 3 aliphatic rings. The van der Waals surface area contributed by atoms with E-state index in [2.05, 4.69) is 0 Å². The molecule has 18 heavy (non-hydrogen) atoms. The van der Waals surface area contributed by atoms with Crippen LogP contribution in [0, 0.1) is 17.8 Å². The van der Waals surface area contributed by atoms with Crippen LogP contribution in [-0.4, -0.2) is 23.0 Å². The van der Waals surface area contributed by atoms with E-state index in [0.717, 1.165) is 17.6 Å². The fourth-order valence-corrected chi connectivity index (χ4v) is 6.70. The molecule has 2 heteroatoms. The highest BCUT2D eigenvalue weighted by Gasteiger charge is 2.37. The molecule has 0 radical (unpaired) electrons. The molecule has 1 nitrogen and oxygen atoms in total. The summed E-state index contributed by atoms with van der Waals surface area (Å²) in [7, 11) is 0.482. The molecule has 2 saturated carbocycles. The van der Waals surface area contributed by atoms with Crippen LogP contribution >= 0.6 is 0 Å². The van der Waals surface area contributed by atoms with Crippen LogP contribution < -0.4 is 0 Å². The summed E-state index contributed by atoms with van der Waals surface area (Å²) in [5.41, 5.74) is 0. The number of ketones is 1. The van der Waals surface area contributed by atoms with E-state index in [1.807, 2.05) is 0 Å². The first-order valence-corrected chi connectivity index (χ1v) is 9.73. The van der Waals surface area contributed by atoms with Crippen LogP contribution in [0.1, 0.15) is 57.8 Å². The SMILES string of the molecule is O=C(C[S+]1CCCC1)C1CCC2CCCCC2C1. The normalized spacial score (nSPS) is 37.4. The van der Waals surface area contributed by atoms with Gasteiger partial charge in [0.05, 0.1) is 0 Å². The molecule has 3 rings (SSSR count).